The van der Waals surface area contributed by atoms with Gasteiger partial charge in [-0.05, 0) is 13.0 Å². The minimum absolute atomic E-state index is 0.332. The summed E-state index contributed by atoms with van der Waals surface area (Å²) in [7, 11) is 2.18. The Morgan fingerprint density at radius 2 is 2.05 bits per heavy atom. The third-order valence-electron chi connectivity index (χ3n) is 3.11. The molecule has 1 unspecified atom stereocenters. The lowest BCUT2D eigenvalue weighted by molar-refractivity contribution is -0.0373. The van der Waals surface area contributed by atoms with Gasteiger partial charge in [-0.15, -0.1) is 0 Å². The Kier molecular flexibility index (Phi) is 7.45. The van der Waals surface area contributed by atoms with E-state index in [-0.39, 0.29) is 0 Å². The summed E-state index contributed by atoms with van der Waals surface area (Å²) in [5, 5.41) is 0. The number of likely N-dealkylation sites (N-methyl/N-ethyl adjacent to an activating group) is 1. The van der Waals surface area contributed by atoms with Crippen molar-refractivity contribution in [2.45, 2.75) is 33.8 Å². The SMILES string of the molecule is CC(C)C#CCN1CCOC(CN(C)CC(C)C)C1. The Morgan fingerprint density at radius 3 is 2.68 bits per heavy atom. The van der Waals surface area contributed by atoms with Gasteiger partial charge in [0.25, 0.3) is 0 Å². The molecular formula is C16H30N2O. The molecule has 1 rings (SSSR count). The summed E-state index contributed by atoms with van der Waals surface area (Å²) in [6.45, 7) is 14.7. The Morgan fingerprint density at radius 1 is 1.32 bits per heavy atom. The van der Waals surface area contributed by atoms with Gasteiger partial charge in [0.15, 0.2) is 0 Å². The van der Waals surface area contributed by atoms with Gasteiger partial charge in [0.2, 0.25) is 0 Å². The van der Waals surface area contributed by atoms with Crippen LogP contribution in [0.2, 0.25) is 0 Å². The molecule has 3 nitrogen and oxygen atoms in total. The van der Waals surface area contributed by atoms with Crippen LogP contribution in [0, 0.1) is 23.7 Å². The summed E-state index contributed by atoms with van der Waals surface area (Å²) in [5.41, 5.74) is 0. The fourth-order valence-electron chi connectivity index (χ4n) is 2.44. The van der Waals surface area contributed by atoms with Crippen molar-refractivity contribution in [2.75, 3.05) is 46.4 Å². The first-order valence-corrected chi connectivity index (χ1v) is 7.48. The van der Waals surface area contributed by atoms with E-state index in [1.807, 2.05) is 0 Å². The maximum Gasteiger partial charge on any atom is 0.0829 e. The van der Waals surface area contributed by atoms with Crippen LogP contribution in [0.15, 0.2) is 0 Å². The van der Waals surface area contributed by atoms with E-state index in [1.165, 1.54) is 0 Å². The molecule has 110 valence electrons. The maximum atomic E-state index is 5.86. The number of nitrogens with zero attached hydrogens (tertiary/aromatic N) is 2. The maximum absolute atomic E-state index is 5.86. The van der Waals surface area contributed by atoms with Crippen LogP contribution in [0.1, 0.15) is 27.7 Å². The van der Waals surface area contributed by atoms with E-state index in [1.54, 1.807) is 0 Å². The van der Waals surface area contributed by atoms with Gasteiger partial charge in [-0.3, -0.25) is 4.90 Å². The highest BCUT2D eigenvalue weighted by molar-refractivity contribution is 5.03. The fourth-order valence-corrected chi connectivity index (χ4v) is 2.44. The molecule has 19 heavy (non-hydrogen) atoms. The highest BCUT2D eigenvalue weighted by Crippen LogP contribution is 2.07. The van der Waals surface area contributed by atoms with Crippen LogP contribution in [0.4, 0.5) is 0 Å². The molecular weight excluding hydrogens is 236 g/mol. The molecule has 1 fully saturated rings. The number of hydrogen-bond acceptors (Lipinski definition) is 3. The van der Waals surface area contributed by atoms with Gasteiger partial charge in [-0.2, -0.15) is 0 Å². The molecule has 0 saturated carbocycles. The third kappa shape index (κ3) is 7.57. The predicted octanol–water partition coefficient (Wildman–Crippen LogP) is 1.93. The molecule has 3 heteroatoms. The smallest absolute Gasteiger partial charge is 0.0829 e. The van der Waals surface area contributed by atoms with E-state index in [0.29, 0.717) is 17.9 Å². The highest BCUT2D eigenvalue weighted by atomic mass is 16.5. The Hall–Kier alpha value is -0.560. The molecule has 0 spiro atoms. The van der Waals surface area contributed by atoms with Gasteiger partial charge >= 0.3 is 0 Å². The van der Waals surface area contributed by atoms with Crippen LogP contribution in [-0.2, 0) is 4.74 Å². The van der Waals surface area contributed by atoms with Gasteiger partial charge in [0.1, 0.15) is 0 Å². The zero-order chi connectivity index (χ0) is 14.3. The van der Waals surface area contributed by atoms with Crippen molar-refractivity contribution < 1.29 is 4.74 Å². The van der Waals surface area contributed by atoms with Crippen LogP contribution in [0.3, 0.4) is 0 Å². The monoisotopic (exact) mass is 266 g/mol. The normalized spacial score (nSPS) is 20.9. The minimum Gasteiger partial charge on any atom is -0.374 e. The van der Waals surface area contributed by atoms with Gasteiger partial charge in [0, 0.05) is 32.1 Å². The zero-order valence-electron chi connectivity index (χ0n) is 13.3. The number of hydrogen-bond donors (Lipinski definition) is 0. The van der Waals surface area contributed by atoms with Gasteiger partial charge in [-0.25, -0.2) is 0 Å². The Labute approximate surface area is 119 Å². The van der Waals surface area contributed by atoms with Crippen LogP contribution >= 0.6 is 0 Å². The van der Waals surface area contributed by atoms with Crippen molar-refractivity contribution >= 4 is 0 Å². The van der Waals surface area contributed by atoms with E-state index in [0.717, 1.165) is 39.3 Å². The lowest BCUT2D eigenvalue weighted by Crippen LogP contribution is -2.47. The van der Waals surface area contributed by atoms with E-state index >= 15 is 0 Å². The van der Waals surface area contributed by atoms with Crippen LogP contribution in [0.5, 0.6) is 0 Å². The summed E-state index contributed by atoms with van der Waals surface area (Å²) in [6.07, 6.45) is 0.332. The summed E-state index contributed by atoms with van der Waals surface area (Å²) in [4.78, 5) is 4.78. The summed E-state index contributed by atoms with van der Waals surface area (Å²) >= 11 is 0. The van der Waals surface area contributed by atoms with Crippen molar-refractivity contribution in [3.63, 3.8) is 0 Å². The lowest BCUT2D eigenvalue weighted by Gasteiger charge is -2.34. The van der Waals surface area contributed by atoms with Crippen LogP contribution in [0.25, 0.3) is 0 Å². The molecule has 1 saturated heterocycles. The molecule has 0 radical (unpaired) electrons. The first kappa shape index (κ1) is 16.5. The second-order valence-corrected chi connectivity index (χ2v) is 6.32. The molecule has 0 N–H and O–H groups in total. The molecule has 0 aromatic carbocycles. The lowest BCUT2D eigenvalue weighted by atomic mass is 10.2. The first-order chi connectivity index (χ1) is 8.97. The summed E-state index contributed by atoms with van der Waals surface area (Å²) in [5.74, 6) is 7.68. The number of ether oxygens (including phenoxy) is 1. The van der Waals surface area contributed by atoms with Crippen LogP contribution in [-0.4, -0.2) is 62.3 Å². The van der Waals surface area contributed by atoms with E-state index in [4.69, 9.17) is 4.74 Å². The van der Waals surface area contributed by atoms with Crippen molar-refractivity contribution in [3.8, 4) is 11.8 Å². The summed E-state index contributed by atoms with van der Waals surface area (Å²) in [6, 6.07) is 0. The van der Waals surface area contributed by atoms with Crippen LogP contribution < -0.4 is 0 Å². The second kappa shape index (κ2) is 8.58. The predicted molar refractivity (Wildman–Crippen MR) is 81.1 cm³/mol. The zero-order valence-corrected chi connectivity index (χ0v) is 13.3. The quantitative estimate of drug-likeness (QED) is 0.707. The number of rotatable bonds is 5. The standard InChI is InChI=1S/C16H30N2O/c1-14(2)7-6-8-18-9-10-19-16(13-18)12-17(5)11-15(3)4/h14-16H,8-13H2,1-5H3. The minimum atomic E-state index is 0.332. The first-order valence-electron chi connectivity index (χ1n) is 7.48. The van der Waals surface area contributed by atoms with Crippen molar-refractivity contribution in [2.24, 2.45) is 11.8 Å². The van der Waals surface area contributed by atoms with Crippen molar-refractivity contribution in [3.05, 3.63) is 0 Å². The molecule has 1 aliphatic rings. The van der Waals surface area contributed by atoms with Crippen molar-refractivity contribution in [1.29, 1.82) is 0 Å². The molecule has 0 amide bonds. The van der Waals surface area contributed by atoms with Gasteiger partial charge < -0.3 is 9.64 Å². The average molecular weight is 266 g/mol. The Bertz CT molecular complexity index is 304. The van der Waals surface area contributed by atoms with E-state index in [9.17, 15) is 0 Å². The average Bonchev–Trinajstić information content (AvgIpc) is 2.27. The molecule has 0 aromatic rings. The van der Waals surface area contributed by atoms with E-state index < -0.39 is 0 Å². The fraction of sp³-hybridized carbons (Fsp3) is 0.875. The highest BCUT2D eigenvalue weighted by Gasteiger charge is 2.21. The number of morpholine rings is 1. The summed E-state index contributed by atoms with van der Waals surface area (Å²) < 4.78 is 5.86. The third-order valence-corrected chi connectivity index (χ3v) is 3.11. The van der Waals surface area contributed by atoms with Crippen molar-refractivity contribution in [1.82, 2.24) is 9.80 Å². The Balaban J connectivity index is 2.32. The molecule has 1 heterocycles. The largest absolute Gasteiger partial charge is 0.374 e. The molecule has 0 aliphatic carbocycles. The second-order valence-electron chi connectivity index (χ2n) is 6.32. The molecule has 1 aliphatic heterocycles. The van der Waals surface area contributed by atoms with Gasteiger partial charge in [-0.1, -0.05) is 39.5 Å². The molecule has 0 bridgehead atoms. The molecule has 0 aromatic heterocycles. The molecule has 1 atom stereocenters. The van der Waals surface area contributed by atoms with Gasteiger partial charge in [0.05, 0.1) is 19.3 Å². The topological polar surface area (TPSA) is 15.7 Å². The van der Waals surface area contributed by atoms with E-state index in [2.05, 4.69) is 56.4 Å².